The van der Waals surface area contributed by atoms with Gasteiger partial charge in [0.05, 0.1) is 23.7 Å². The fraction of sp³-hybridized carbons (Fsp3) is 0.714. The molecule has 118 valence electrons. The van der Waals surface area contributed by atoms with Crippen molar-refractivity contribution >= 4 is 31.9 Å². The van der Waals surface area contributed by atoms with Gasteiger partial charge < -0.3 is 14.9 Å². The van der Waals surface area contributed by atoms with Gasteiger partial charge in [-0.25, -0.2) is 0 Å². The topological polar surface area (TPSA) is 54.9 Å². The second-order valence-corrected chi connectivity index (χ2v) is 7.18. The Morgan fingerprint density at radius 1 is 1.29 bits per heavy atom. The number of morpholine rings is 1. The van der Waals surface area contributed by atoms with E-state index in [4.69, 9.17) is 14.9 Å². The minimum atomic E-state index is 0.152. The van der Waals surface area contributed by atoms with E-state index in [9.17, 15) is 0 Å². The maximum absolute atomic E-state index is 6.00. The molecule has 0 saturated carbocycles. The Morgan fingerprint density at radius 2 is 2.05 bits per heavy atom. The highest BCUT2D eigenvalue weighted by Gasteiger charge is 2.33. The fourth-order valence-corrected chi connectivity index (χ4v) is 3.87. The average Bonchev–Trinajstić information content (AvgIpc) is 3.10. The van der Waals surface area contributed by atoms with Crippen molar-refractivity contribution in [3.8, 4) is 0 Å². The summed E-state index contributed by atoms with van der Waals surface area (Å²) in [6.45, 7) is 6.50. The lowest BCUT2D eigenvalue weighted by molar-refractivity contribution is 0.0174. The molecule has 0 radical (unpaired) electrons. The molecule has 2 N–H and O–H groups in total. The minimum Gasteiger partial charge on any atom is -0.451 e. The largest absolute Gasteiger partial charge is 0.451 e. The molecule has 2 saturated heterocycles. The Morgan fingerprint density at radius 3 is 2.67 bits per heavy atom. The van der Waals surface area contributed by atoms with Crippen LogP contribution in [0.3, 0.4) is 0 Å². The van der Waals surface area contributed by atoms with Gasteiger partial charge in [0.1, 0.15) is 5.76 Å². The van der Waals surface area contributed by atoms with Gasteiger partial charge in [-0.3, -0.25) is 9.80 Å². The number of hydrogen-bond acceptors (Lipinski definition) is 5. The van der Waals surface area contributed by atoms with Gasteiger partial charge in [-0.2, -0.15) is 0 Å². The van der Waals surface area contributed by atoms with Crippen LogP contribution in [0, 0.1) is 0 Å². The van der Waals surface area contributed by atoms with Crippen LogP contribution < -0.4 is 5.73 Å². The fourth-order valence-electron chi connectivity index (χ4n) is 3.26. The van der Waals surface area contributed by atoms with Crippen molar-refractivity contribution in [1.29, 1.82) is 0 Å². The summed E-state index contributed by atoms with van der Waals surface area (Å²) in [5, 5.41) is 0. The van der Waals surface area contributed by atoms with Crippen molar-refractivity contribution in [2.45, 2.75) is 18.5 Å². The molecule has 2 fully saturated rings. The first-order valence-electron chi connectivity index (χ1n) is 7.39. The van der Waals surface area contributed by atoms with Gasteiger partial charge in [0.25, 0.3) is 0 Å². The lowest BCUT2D eigenvalue weighted by Gasteiger charge is -2.33. The summed E-state index contributed by atoms with van der Waals surface area (Å²) < 4.78 is 12.9. The number of nitrogens with two attached hydrogens (primary N) is 1. The normalized spacial score (nSPS) is 26.3. The van der Waals surface area contributed by atoms with Crippen LogP contribution in [-0.2, 0) is 4.74 Å². The summed E-state index contributed by atoms with van der Waals surface area (Å²) in [6, 6.07) is 2.78. The third kappa shape index (κ3) is 3.54. The first-order valence-corrected chi connectivity index (χ1v) is 8.98. The van der Waals surface area contributed by atoms with E-state index in [1.807, 2.05) is 6.07 Å². The molecule has 2 unspecified atom stereocenters. The van der Waals surface area contributed by atoms with Crippen molar-refractivity contribution in [2.75, 3.05) is 45.9 Å². The Bertz CT molecular complexity index is 457. The molecule has 0 spiro atoms. The number of hydrogen-bond donors (Lipinski definition) is 1. The van der Waals surface area contributed by atoms with Gasteiger partial charge in [-0.1, -0.05) is 0 Å². The van der Waals surface area contributed by atoms with Crippen LogP contribution in [0.2, 0.25) is 0 Å². The molecule has 2 aliphatic rings. The number of rotatable bonds is 4. The molecule has 0 aromatic carbocycles. The van der Waals surface area contributed by atoms with Crippen LogP contribution in [0.1, 0.15) is 18.2 Å². The van der Waals surface area contributed by atoms with E-state index in [-0.39, 0.29) is 6.04 Å². The number of nitrogens with zero attached hydrogens (tertiary/aromatic N) is 2. The molecule has 1 aromatic heterocycles. The van der Waals surface area contributed by atoms with Crippen molar-refractivity contribution in [3.05, 3.63) is 21.0 Å². The summed E-state index contributed by atoms with van der Waals surface area (Å²) >= 11 is 6.88. The monoisotopic (exact) mass is 421 g/mol. The molecule has 0 aliphatic carbocycles. The molecule has 2 aliphatic heterocycles. The Hall–Kier alpha value is 0.0800. The smallest absolute Gasteiger partial charge is 0.183 e. The summed E-state index contributed by atoms with van der Waals surface area (Å²) in [6.07, 6.45) is 1.19. The van der Waals surface area contributed by atoms with Gasteiger partial charge in [0.2, 0.25) is 0 Å². The molecule has 0 amide bonds. The Labute approximate surface area is 142 Å². The molecular formula is C14H21Br2N3O2. The molecule has 5 nitrogen and oxygen atoms in total. The van der Waals surface area contributed by atoms with Gasteiger partial charge in [0.15, 0.2) is 4.67 Å². The highest BCUT2D eigenvalue weighted by molar-refractivity contribution is 9.13. The second-order valence-electron chi connectivity index (χ2n) is 5.61. The lowest BCUT2D eigenvalue weighted by atomic mass is 10.2. The Kier molecular flexibility index (Phi) is 5.40. The number of halogens is 2. The van der Waals surface area contributed by atoms with Crippen LogP contribution in [0.25, 0.3) is 0 Å². The maximum Gasteiger partial charge on any atom is 0.183 e. The standard InChI is InChI=1S/C14H21Br2N3O2/c15-11-7-13(21-14(11)16)12(8-17)19-2-1-10(9-19)18-3-5-20-6-4-18/h7,10,12H,1-6,8-9,17H2. The van der Waals surface area contributed by atoms with E-state index < -0.39 is 0 Å². The van der Waals surface area contributed by atoms with Crippen LogP contribution in [0.4, 0.5) is 0 Å². The van der Waals surface area contributed by atoms with E-state index in [1.54, 1.807) is 0 Å². The van der Waals surface area contributed by atoms with Crippen LogP contribution in [0.15, 0.2) is 19.6 Å². The van der Waals surface area contributed by atoms with E-state index in [2.05, 4.69) is 41.7 Å². The molecule has 3 rings (SSSR count). The van der Waals surface area contributed by atoms with E-state index in [1.165, 1.54) is 6.42 Å². The van der Waals surface area contributed by atoms with Crippen LogP contribution in [0.5, 0.6) is 0 Å². The van der Waals surface area contributed by atoms with Crippen molar-refractivity contribution in [2.24, 2.45) is 5.73 Å². The van der Waals surface area contributed by atoms with Crippen LogP contribution in [-0.4, -0.2) is 61.8 Å². The lowest BCUT2D eigenvalue weighted by Crippen LogP contribution is -2.45. The third-order valence-electron chi connectivity index (χ3n) is 4.41. The molecule has 3 heterocycles. The van der Waals surface area contributed by atoms with Gasteiger partial charge in [-0.05, 0) is 44.3 Å². The maximum atomic E-state index is 6.00. The quantitative estimate of drug-likeness (QED) is 0.806. The average molecular weight is 423 g/mol. The minimum absolute atomic E-state index is 0.152. The zero-order chi connectivity index (χ0) is 14.8. The van der Waals surface area contributed by atoms with Gasteiger partial charge in [0, 0.05) is 38.8 Å². The number of ether oxygens (including phenoxy) is 1. The van der Waals surface area contributed by atoms with Gasteiger partial charge in [-0.15, -0.1) is 0 Å². The summed E-state index contributed by atoms with van der Waals surface area (Å²) in [5.74, 6) is 0.930. The predicted octanol–water partition coefficient (Wildman–Crippen LogP) is 2.21. The molecular weight excluding hydrogens is 402 g/mol. The number of likely N-dealkylation sites (tertiary alicyclic amines) is 1. The highest BCUT2D eigenvalue weighted by Crippen LogP contribution is 2.33. The molecule has 7 heteroatoms. The molecule has 2 atom stereocenters. The van der Waals surface area contributed by atoms with Gasteiger partial charge >= 0.3 is 0 Å². The summed E-state index contributed by atoms with van der Waals surface area (Å²) in [4.78, 5) is 4.99. The zero-order valence-corrected chi connectivity index (χ0v) is 15.1. The Balaban J connectivity index is 1.65. The predicted molar refractivity (Wildman–Crippen MR) is 88.3 cm³/mol. The van der Waals surface area contributed by atoms with Crippen molar-refractivity contribution in [1.82, 2.24) is 9.80 Å². The highest BCUT2D eigenvalue weighted by atomic mass is 79.9. The van der Waals surface area contributed by atoms with E-state index in [0.29, 0.717) is 12.6 Å². The second kappa shape index (κ2) is 7.10. The van der Waals surface area contributed by atoms with Crippen molar-refractivity contribution < 1.29 is 9.15 Å². The first-order chi connectivity index (χ1) is 10.2. The molecule has 0 bridgehead atoms. The zero-order valence-electron chi connectivity index (χ0n) is 11.9. The molecule has 1 aromatic rings. The number of furan rings is 1. The third-order valence-corrected chi connectivity index (χ3v) is 6.12. The summed E-state index contributed by atoms with van der Waals surface area (Å²) in [5.41, 5.74) is 6.00. The first kappa shape index (κ1) is 16.0. The summed E-state index contributed by atoms with van der Waals surface area (Å²) in [7, 11) is 0. The van der Waals surface area contributed by atoms with E-state index in [0.717, 1.165) is 54.3 Å². The molecule has 21 heavy (non-hydrogen) atoms. The van der Waals surface area contributed by atoms with Crippen LogP contribution >= 0.6 is 31.9 Å². The van der Waals surface area contributed by atoms with Crippen molar-refractivity contribution in [3.63, 3.8) is 0 Å². The van der Waals surface area contributed by atoms with E-state index >= 15 is 0 Å². The SMILES string of the molecule is NCC(c1cc(Br)c(Br)o1)N1CCC(N2CCOCC2)C1.